The van der Waals surface area contributed by atoms with Crippen molar-refractivity contribution in [1.82, 2.24) is 20.1 Å². The third-order valence-electron chi connectivity index (χ3n) is 5.83. The minimum absolute atomic E-state index is 0.152. The summed E-state index contributed by atoms with van der Waals surface area (Å²) in [6.07, 6.45) is -1.13. The van der Waals surface area contributed by atoms with Gasteiger partial charge in [0.25, 0.3) is 15.9 Å². The van der Waals surface area contributed by atoms with Crippen LogP contribution in [0.1, 0.15) is 41.7 Å². The molecule has 1 fully saturated rings. The summed E-state index contributed by atoms with van der Waals surface area (Å²) < 4.78 is 65.0. The number of aromatic nitrogens is 3. The molecule has 0 spiro atoms. The number of nitrogens with zero attached hydrogens (tertiary/aromatic N) is 3. The number of hydrogen-bond donors (Lipinski definition) is 3. The molecule has 2 aromatic heterocycles. The first-order valence-corrected chi connectivity index (χ1v) is 12.5. The number of hydrogen-bond acceptors (Lipinski definition) is 6. The first kappa shape index (κ1) is 25.2. The molecule has 4 rings (SSSR count). The van der Waals surface area contributed by atoms with Gasteiger partial charge in [-0.25, -0.2) is 18.5 Å². The topological polar surface area (TPSA) is 132 Å². The van der Waals surface area contributed by atoms with Gasteiger partial charge in [0.05, 0.1) is 17.3 Å². The smallest absolute Gasteiger partial charge is 0.382 e. The fourth-order valence-corrected chi connectivity index (χ4v) is 5.36. The summed E-state index contributed by atoms with van der Waals surface area (Å²) in [4.78, 5) is 16.5. The van der Waals surface area contributed by atoms with Crippen molar-refractivity contribution >= 4 is 44.1 Å². The van der Waals surface area contributed by atoms with Crippen LogP contribution in [-0.2, 0) is 23.2 Å². The zero-order valence-corrected chi connectivity index (χ0v) is 20.0. The molecule has 1 saturated carbocycles. The van der Waals surface area contributed by atoms with E-state index in [2.05, 4.69) is 20.7 Å². The number of carbonyl (C=O) groups is 1. The van der Waals surface area contributed by atoms with Crippen LogP contribution in [0.15, 0.2) is 35.5 Å². The highest BCUT2D eigenvalue weighted by Gasteiger charge is 2.34. The lowest BCUT2D eigenvalue weighted by atomic mass is 9.90. The van der Waals surface area contributed by atoms with Crippen LogP contribution in [0.5, 0.6) is 0 Å². The van der Waals surface area contributed by atoms with E-state index in [1.54, 1.807) is 6.07 Å². The number of carbonyl (C=O) groups excluding carboxylic acids is 1. The maximum atomic E-state index is 13.4. The van der Waals surface area contributed by atoms with E-state index < -0.39 is 32.8 Å². The largest absolute Gasteiger partial charge is 0.433 e. The molecule has 4 N–H and O–H groups in total. The van der Waals surface area contributed by atoms with E-state index in [9.17, 15) is 26.4 Å². The Bertz CT molecular complexity index is 1390. The van der Waals surface area contributed by atoms with Gasteiger partial charge in [-0.05, 0) is 49.9 Å². The number of anilines is 1. The zero-order chi connectivity index (χ0) is 25.5. The second kappa shape index (κ2) is 9.28. The standard InChI is InChI=1S/C21H22ClF3N6O3S/c1-31-20(35(26,33)34)15(10-27-31)19(32)29-13-4-2-3-12(8-13)28-17-9-18(21(23,24)25)30-16-6-5-11(22)7-14(16)17/h5-7,9-10,12-13H,2-4,8H2,1H3,(H,28,30)(H,29,32)(H2,26,33,34)/t12-,13+/m0/s1. The molecule has 0 aliphatic heterocycles. The first-order valence-electron chi connectivity index (χ1n) is 10.6. The summed E-state index contributed by atoms with van der Waals surface area (Å²) in [7, 11) is -2.82. The summed E-state index contributed by atoms with van der Waals surface area (Å²) in [6.45, 7) is 0. The minimum atomic E-state index is -4.63. The molecule has 0 bridgehead atoms. The van der Waals surface area contributed by atoms with E-state index in [1.165, 1.54) is 19.2 Å². The second-order valence-corrected chi connectivity index (χ2v) is 10.3. The van der Waals surface area contributed by atoms with Gasteiger partial charge in [0.1, 0.15) is 5.69 Å². The number of sulfonamides is 1. The summed E-state index contributed by atoms with van der Waals surface area (Å²) in [5, 5.41) is 15.4. The van der Waals surface area contributed by atoms with E-state index in [4.69, 9.17) is 16.7 Å². The van der Waals surface area contributed by atoms with Crippen LogP contribution in [0, 0.1) is 0 Å². The van der Waals surface area contributed by atoms with Crippen molar-refractivity contribution in [3.8, 4) is 0 Å². The molecule has 0 saturated heterocycles. The molecular formula is C21H22ClF3N6O3S. The Morgan fingerprint density at radius 2 is 1.94 bits per heavy atom. The lowest BCUT2D eigenvalue weighted by Crippen LogP contribution is -2.42. The minimum Gasteiger partial charge on any atom is -0.382 e. The average molecular weight is 531 g/mol. The van der Waals surface area contributed by atoms with Crippen LogP contribution < -0.4 is 15.8 Å². The van der Waals surface area contributed by atoms with E-state index in [0.717, 1.165) is 16.9 Å². The monoisotopic (exact) mass is 530 g/mol. The Balaban J connectivity index is 1.55. The molecule has 0 radical (unpaired) electrons. The Hall–Kier alpha value is -2.90. The SMILES string of the molecule is Cn1ncc(C(=O)N[C@@H]2CCC[C@H](Nc3cc(C(F)(F)F)nc4ccc(Cl)cc34)C2)c1S(N)(=O)=O. The molecule has 14 heteroatoms. The molecule has 1 aliphatic carbocycles. The number of alkyl halides is 3. The number of primary sulfonamides is 1. The highest BCUT2D eigenvalue weighted by molar-refractivity contribution is 7.89. The molecule has 188 valence electrons. The molecule has 9 nitrogen and oxygen atoms in total. The summed E-state index contributed by atoms with van der Waals surface area (Å²) in [6, 6.07) is 4.80. The number of amides is 1. The predicted octanol–water partition coefficient (Wildman–Crippen LogP) is 3.44. The molecule has 0 unspecified atom stereocenters. The average Bonchev–Trinajstić information content (AvgIpc) is 3.15. The van der Waals surface area contributed by atoms with Crippen LogP contribution in [0.4, 0.5) is 18.9 Å². The summed E-state index contributed by atoms with van der Waals surface area (Å²) in [5.41, 5.74) is -0.803. The Morgan fingerprint density at radius 3 is 2.63 bits per heavy atom. The Morgan fingerprint density at radius 1 is 1.23 bits per heavy atom. The van der Waals surface area contributed by atoms with Crippen molar-refractivity contribution in [2.24, 2.45) is 12.2 Å². The Kier molecular flexibility index (Phi) is 6.68. The maximum absolute atomic E-state index is 13.4. The van der Waals surface area contributed by atoms with Gasteiger partial charge in [-0.1, -0.05) is 11.6 Å². The molecule has 2 atom stereocenters. The molecule has 1 amide bonds. The predicted molar refractivity (Wildman–Crippen MR) is 123 cm³/mol. The van der Waals surface area contributed by atoms with Crippen molar-refractivity contribution in [1.29, 1.82) is 0 Å². The van der Waals surface area contributed by atoms with Crippen LogP contribution >= 0.6 is 11.6 Å². The van der Waals surface area contributed by atoms with Gasteiger partial charge in [-0.3, -0.25) is 9.48 Å². The van der Waals surface area contributed by atoms with Crippen LogP contribution in [0.3, 0.4) is 0 Å². The highest BCUT2D eigenvalue weighted by Crippen LogP contribution is 2.35. The lowest BCUT2D eigenvalue weighted by molar-refractivity contribution is -0.140. The second-order valence-electron chi connectivity index (χ2n) is 8.42. The van der Waals surface area contributed by atoms with Crippen molar-refractivity contribution in [2.45, 2.75) is 49.0 Å². The van der Waals surface area contributed by atoms with E-state index in [-0.39, 0.29) is 28.9 Å². The van der Waals surface area contributed by atoms with Crippen LogP contribution in [0.2, 0.25) is 5.02 Å². The summed E-state index contributed by atoms with van der Waals surface area (Å²) in [5.74, 6) is -0.645. The number of pyridine rings is 1. The maximum Gasteiger partial charge on any atom is 0.433 e. The number of benzene rings is 1. The van der Waals surface area contributed by atoms with Gasteiger partial charge in [0.2, 0.25) is 0 Å². The van der Waals surface area contributed by atoms with Gasteiger partial charge in [0, 0.05) is 35.2 Å². The molecule has 3 aromatic rings. The highest BCUT2D eigenvalue weighted by atomic mass is 35.5. The van der Waals surface area contributed by atoms with Gasteiger partial charge < -0.3 is 10.6 Å². The van der Waals surface area contributed by atoms with Crippen molar-refractivity contribution in [2.75, 3.05) is 5.32 Å². The zero-order valence-electron chi connectivity index (χ0n) is 18.4. The fraction of sp³-hybridized carbons (Fsp3) is 0.381. The van der Waals surface area contributed by atoms with E-state index in [0.29, 0.717) is 36.1 Å². The normalized spacial score (nSPS) is 19.0. The van der Waals surface area contributed by atoms with Gasteiger partial charge in [0.15, 0.2) is 5.03 Å². The van der Waals surface area contributed by atoms with Gasteiger partial charge in [-0.2, -0.15) is 18.3 Å². The number of aryl methyl sites for hydroxylation is 1. The molecule has 1 aromatic carbocycles. The molecular weight excluding hydrogens is 509 g/mol. The molecule has 1 aliphatic rings. The first-order chi connectivity index (χ1) is 16.3. The van der Waals surface area contributed by atoms with E-state index in [1.807, 2.05) is 0 Å². The fourth-order valence-electron chi connectivity index (χ4n) is 4.32. The van der Waals surface area contributed by atoms with Crippen molar-refractivity contribution in [3.63, 3.8) is 0 Å². The quantitative estimate of drug-likeness (QED) is 0.463. The summed E-state index contributed by atoms with van der Waals surface area (Å²) >= 11 is 6.06. The van der Waals surface area contributed by atoms with Gasteiger partial charge in [-0.15, -0.1) is 0 Å². The number of rotatable bonds is 5. The Labute approximate surface area is 203 Å². The van der Waals surface area contributed by atoms with Crippen molar-refractivity contribution < 1.29 is 26.4 Å². The third kappa shape index (κ3) is 5.52. The van der Waals surface area contributed by atoms with E-state index >= 15 is 0 Å². The lowest BCUT2D eigenvalue weighted by Gasteiger charge is -2.31. The number of halogens is 4. The third-order valence-corrected chi connectivity index (χ3v) is 7.09. The number of nitrogens with two attached hydrogens (primary N) is 1. The van der Waals surface area contributed by atoms with Crippen molar-refractivity contribution in [3.05, 3.63) is 46.7 Å². The number of nitrogens with one attached hydrogen (secondary N) is 2. The number of fused-ring (bicyclic) bond motifs is 1. The van der Waals surface area contributed by atoms with Crippen LogP contribution in [-0.4, -0.2) is 41.2 Å². The molecule has 2 heterocycles. The van der Waals surface area contributed by atoms with Crippen LogP contribution in [0.25, 0.3) is 10.9 Å². The molecule has 35 heavy (non-hydrogen) atoms. The van der Waals surface area contributed by atoms with Gasteiger partial charge >= 0.3 is 6.18 Å².